The summed E-state index contributed by atoms with van der Waals surface area (Å²) in [5.41, 5.74) is 0.410. The molecule has 116 valence electrons. The fourth-order valence-electron chi connectivity index (χ4n) is 2.57. The topological polar surface area (TPSA) is 90.1 Å². The molecule has 3 rings (SSSR count). The lowest BCUT2D eigenvalue weighted by Gasteiger charge is -2.29. The number of carbonyl (C=O) groups is 1. The minimum atomic E-state index is -0.393. The Bertz CT molecular complexity index is 685. The SMILES string of the molecule is COc1cccc(Cc2noc(C3(C)CCNC(=O)C3)n2)n1. The maximum Gasteiger partial charge on any atom is 0.233 e. The molecule has 7 nitrogen and oxygen atoms in total. The Morgan fingerprint density at radius 3 is 3.05 bits per heavy atom. The summed E-state index contributed by atoms with van der Waals surface area (Å²) in [4.78, 5) is 20.4. The molecule has 3 heterocycles. The third-order valence-electron chi connectivity index (χ3n) is 3.86. The smallest absolute Gasteiger partial charge is 0.233 e. The molecule has 0 aliphatic carbocycles. The first-order chi connectivity index (χ1) is 10.6. The van der Waals surface area contributed by atoms with Crippen molar-refractivity contribution in [3.63, 3.8) is 0 Å². The normalized spacial score (nSPS) is 21.5. The Morgan fingerprint density at radius 2 is 2.27 bits per heavy atom. The lowest BCUT2D eigenvalue weighted by Crippen LogP contribution is -2.41. The van der Waals surface area contributed by atoms with Crippen molar-refractivity contribution in [2.45, 2.75) is 31.6 Å². The number of carbonyl (C=O) groups excluding carboxylic acids is 1. The maximum atomic E-state index is 11.6. The van der Waals surface area contributed by atoms with Gasteiger partial charge in [-0.1, -0.05) is 18.1 Å². The summed E-state index contributed by atoms with van der Waals surface area (Å²) in [5.74, 6) is 1.64. The van der Waals surface area contributed by atoms with Crippen LogP contribution in [0.25, 0.3) is 0 Å². The molecule has 2 aromatic rings. The van der Waals surface area contributed by atoms with Gasteiger partial charge in [-0.3, -0.25) is 4.79 Å². The lowest BCUT2D eigenvalue weighted by molar-refractivity contribution is -0.124. The van der Waals surface area contributed by atoms with E-state index < -0.39 is 5.41 Å². The van der Waals surface area contributed by atoms with Crippen molar-refractivity contribution >= 4 is 5.91 Å². The predicted octanol–water partition coefficient (Wildman–Crippen LogP) is 1.23. The summed E-state index contributed by atoms with van der Waals surface area (Å²) in [5, 5.41) is 6.83. The van der Waals surface area contributed by atoms with Crippen molar-refractivity contribution in [2.75, 3.05) is 13.7 Å². The zero-order valence-corrected chi connectivity index (χ0v) is 12.6. The van der Waals surface area contributed by atoms with Crippen LogP contribution in [0.4, 0.5) is 0 Å². The van der Waals surface area contributed by atoms with Crippen LogP contribution in [-0.4, -0.2) is 34.7 Å². The molecular weight excluding hydrogens is 284 g/mol. The van der Waals surface area contributed by atoms with E-state index >= 15 is 0 Å². The molecule has 1 amide bonds. The molecular formula is C15H18N4O3. The first-order valence-electron chi connectivity index (χ1n) is 7.19. The van der Waals surface area contributed by atoms with Crippen LogP contribution in [0.15, 0.2) is 22.7 Å². The van der Waals surface area contributed by atoms with E-state index in [1.165, 1.54) is 0 Å². The number of rotatable bonds is 4. The van der Waals surface area contributed by atoms with Crippen molar-refractivity contribution in [1.82, 2.24) is 20.4 Å². The van der Waals surface area contributed by atoms with Gasteiger partial charge < -0.3 is 14.6 Å². The monoisotopic (exact) mass is 302 g/mol. The van der Waals surface area contributed by atoms with E-state index in [2.05, 4.69) is 20.4 Å². The zero-order chi connectivity index (χ0) is 15.6. The molecule has 1 aliphatic heterocycles. The number of hydrogen-bond acceptors (Lipinski definition) is 6. The van der Waals surface area contributed by atoms with E-state index in [0.717, 1.165) is 12.1 Å². The molecule has 2 aromatic heterocycles. The fourth-order valence-corrected chi connectivity index (χ4v) is 2.57. The molecule has 0 bridgehead atoms. The standard InChI is InChI=1S/C15H18N4O3/c1-15(6-7-16-12(20)9-15)14-18-11(19-22-14)8-10-4-3-5-13(17-10)21-2/h3-5H,6-9H2,1-2H3,(H,16,20). The Hall–Kier alpha value is -2.44. The average molecular weight is 302 g/mol. The van der Waals surface area contributed by atoms with Crippen LogP contribution in [-0.2, 0) is 16.6 Å². The number of methoxy groups -OCH3 is 1. The summed E-state index contributed by atoms with van der Waals surface area (Å²) >= 11 is 0. The van der Waals surface area contributed by atoms with Crippen LogP contribution in [0.2, 0.25) is 0 Å². The predicted molar refractivity (Wildman–Crippen MR) is 77.5 cm³/mol. The number of nitrogens with one attached hydrogen (secondary N) is 1. The number of amides is 1. The highest BCUT2D eigenvalue weighted by molar-refractivity contribution is 5.78. The highest BCUT2D eigenvalue weighted by atomic mass is 16.5. The van der Waals surface area contributed by atoms with E-state index in [0.29, 0.717) is 37.0 Å². The number of ether oxygens (including phenoxy) is 1. The molecule has 1 atom stereocenters. The summed E-state index contributed by atoms with van der Waals surface area (Å²) < 4.78 is 10.5. The van der Waals surface area contributed by atoms with Gasteiger partial charge in [-0.2, -0.15) is 4.98 Å². The minimum absolute atomic E-state index is 0.0166. The number of nitrogens with zero attached hydrogens (tertiary/aromatic N) is 3. The van der Waals surface area contributed by atoms with Gasteiger partial charge in [0.1, 0.15) is 0 Å². The van der Waals surface area contributed by atoms with Crippen LogP contribution in [0, 0.1) is 0 Å². The summed E-state index contributed by atoms with van der Waals surface area (Å²) in [6.07, 6.45) is 1.62. The van der Waals surface area contributed by atoms with Crippen LogP contribution < -0.4 is 10.1 Å². The molecule has 1 saturated heterocycles. The first kappa shape index (κ1) is 14.5. The summed E-state index contributed by atoms with van der Waals surface area (Å²) in [7, 11) is 1.58. The van der Waals surface area contributed by atoms with Crippen LogP contribution in [0.1, 0.15) is 37.2 Å². The molecule has 0 radical (unpaired) electrons. The van der Waals surface area contributed by atoms with Crippen molar-refractivity contribution in [1.29, 1.82) is 0 Å². The van der Waals surface area contributed by atoms with Gasteiger partial charge in [0.05, 0.1) is 24.6 Å². The van der Waals surface area contributed by atoms with E-state index in [1.807, 2.05) is 19.1 Å². The Balaban J connectivity index is 1.77. The Morgan fingerprint density at radius 1 is 1.41 bits per heavy atom. The Kier molecular flexibility index (Phi) is 3.79. The molecule has 22 heavy (non-hydrogen) atoms. The summed E-state index contributed by atoms with van der Waals surface area (Å²) in [6, 6.07) is 5.54. The van der Waals surface area contributed by atoms with Gasteiger partial charge >= 0.3 is 0 Å². The molecule has 1 fully saturated rings. The molecule has 7 heteroatoms. The third-order valence-corrected chi connectivity index (χ3v) is 3.86. The Labute approximate surface area is 128 Å². The number of piperidine rings is 1. The largest absolute Gasteiger partial charge is 0.481 e. The highest BCUT2D eigenvalue weighted by Crippen LogP contribution is 2.32. The number of hydrogen-bond donors (Lipinski definition) is 1. The van der Waals surface area contributed by atoms with E-state index in [-0.39, 0.29) is 5.91 Å². The van der Waals surface area contributed by atoms with Gasteiger partial charge in [0.2, 0.25) is 17.7 Å². The second kappa shape index (κ2) is 5.75. The second-order valence-electron chi connectivity index (χ2n) is 5.70. The highest BCUT2D eigenvalue weighted by Gasteiger charge is 2.38. The maximum absolute atomic E-state index is 11.6. The molecule has 1 aliphatic rings. The van der Waals surface area contributed by atoms with Gasteiger partial charge in [-0.25, -0.2) is 4.98 Å². The zero-order valence-electron chi connectivity index (χ0n) is 12.6. The van der Waals surface area contributed by atoms with Crippen LogP contribution in [0.5, 0.6) is 5.88 Å². The summed E-state index contributed by atoms with van der Waals surface area (Å²) in [6.45, 7) is 2.61. The van der Waals surface area contributed by atoms with Gasteiger partial charge in [0, 0.05) is 19.0 Å². The van der Waals surface area contributed by atoms with Crippen molar-refractivity contribution < 1.29 is 14.1 Å². The average Bonchev–Trinajstić information content (AvgIpc) is 2.96. The van der Waals surface area contributed by atoms with Gasteiger partial charge in [-0.05, 0) is 12.5 Å². The molecule has 1 unspecified atom stereocenters. The van der Waals surface area contributed by atoms with Gasteiger partial charge in [0.25, 0.3) is 0 Å². The van der Waals surface area contributed by atoms with Crippen LogP contribution >= 0.6 is 0 Å². The quantitative estimate of drug-likeness (QED) is 0.913. The number of aromatic nitrogens is 3. The lowest BCUT2D eigenvalue weighted by atomic mass is 9.80. The van der Waals surface area contributed by atoms with Gasteiger partial charge in [-0.15, -0.1) is 0 Å². The number of pyridine rings is 1. The minimum Gasteiger partial charge on any atom is -0.481 e. The van der Waals surface area contributed by atoms with Gasteiger partial charge in [0.15, 0.2) is 5.82 Å². The third kappa shape index (κ3) is 2.93. The second-order valence-corrected chi connectivity index (χ2v) is 5.70. The molecule has 1 N–H and O–H groups in total. The van der Waals surface area contributed by atoms with E-state index in [4.69, 9.17) is 9.26 Å². The van der Waals surface area contributed by atoms with E-state index in [9.17, 15) is 4.79 Å². The van der Waals surface area contributed by atoms with Crippen molar-refractivity contribution in [3.8, 4) is 5.88 Å². The van der Waals surface area contributed by atoms with Crippen molar-refractivity contribution in [2.24, 2.45) is 0 Å². The molecule has 0 spiro atoms. The van der Waals surface area contributed by atoms with Crippen LogP contribution in [0.3, 0.4) is 0 Å². The molecule has 0 saturated carbocycles. The fraction of sp³-hybridized carbons (Fsp3) is 0.467. The first-order valence-corrected chi connectivity index (χ1v) is 7.19. The molecule has 0 aromatic carbocycles. The van der Waals surface area contributed by atoms with E-state index in [1.54, 1.807) is 13.2 Å². The van der Waals surface area contributed by atoms with Crippen molar-refractivity contribution in [3.05, 3.63) is 35.6 Å².